The van der Waals surface area contributed by atoms with Crippen molar-refractivity contribution in [2.45, 2.75) is 76.4 Å². The third kappa shape index (κ3) is 9.42. The predicted octanol–water partition coefficient (Wildman–Crippen LogP) is 4.95. The van der Waals surface area contributed by atoms with E-state index in [0.717, 1.165) is 25.7 Å². The van der Waals surface area contributed by atoms with E-state index in [2.05, 4.69) is 0 Å². The molecule has 4 heteroatoms. The molecule has 0 amide bonds. The summed E-state index contributed by atoms with van der Waals surface area (Å²) in [6, 6.07) is 0. The zero-order valence-corrected chi connectivity index (χ0v) is 17.4. The molecule has 2 aliphatic carbocycles. The van der Waals surface area contributed by atoms with Crippen LogP contribution in [0.15, 0.2) is 60.3 Å². The normalized spacial score (nSPS) is 17.5. The first-order valence-corrected chi connectivity index (χ1v) is 11.1. The lowest BCUT2D eigenvalue weighted by Gasteiger charge is -2.16. The highest BCUT2D eigenvalue weighted by molar-refractivity contribution is 5.90. The van der Waals surface area contributed by atoms with Gasteiger partial charge in [-0.05, 0) is 31.1 Å². The summed E-state index contributed by atoms with van der Waals surface area (Å²) in [6.45, 7) is 0.304. The monoisotopic (exact) mass is 400 g/mol. The fourth-order valence-electron chi connectivity index (χ4n) is 3.63. The Morgan fingerprint density at radius 2 is 1.34 bits per heavy atom. The molecule has 0 saturated heterocycles. The lowest BCUT2D eigenvalue weighted by molar-refractivity contribution is -0.140. The Hall–Kier alpha value is -1.91. The first kappa shape index (κ1) is 23.4. The highest BCUT2D eigenvalue weighted by atomic mass is 16.5. The molecule has 2 aliphatic rings. The van der Waals surface area contributed by atoms with E-state index in [4.69, 9.17) is 9.84 Å². The van der Waals surface area contributed by atoms with Crippen LogP contribution in [0, 0.1) is 5.92 Å². The van der Waals surface area contributed by atoms with E-state index in [0.29, 0.717) is 18.6 Å². The van der Waals surface area contributed by atoms with Crippen LogP contribution in [-0.4, -0.2) is 35.0 Å². The minimum absolute atomic E-state index is 0.127. The van der Waals surface area contributed by atoms with Crippen molar-refractivity contribution in [2.24, 2.45) is 5.92 Å². The van der Waals surface area contributed by atoms with Crippen molar-refractivity contribution in [2.75, 3.05) is 6.61 Å². The van der Waals surface area contributed by atoms with E-state index in [1.807, 2.05) is 48.6 Å². The van der Waals surface area contributed by atoms with E-state index in [-0.39, 0.29) is 18.0 Å². The molecule has 0 saturated carbocycles. The van der Waals surface area contributed by atoms with Gasteiger partial charge in [0.1, 0.15) is 6.10 Å². The van der Waals surface area contributed by atoms with Gasteiger partial charge in [0.05, 0.1) is 6.10 Å². The quantitative estimate of drug-likeness (QED) is 0.232. The summed E-state index contributed by atoms with van der Waals surface area (Å²) >= 11 is 0. The van der Waals surface area contributed by atoms with E-state index < -0.39 is 6.10 Å². The fraction of sp³-hybridized carbons (Fsp3) is 0.560. The van der Waals surface area contributed by atoms with Crippen molar-refractivity contribution in [3.05, 3.63) is 60.3 Å². The van der Waals surface area contributed by atoms with Crippen LogP contribution >= 0.6 is 0 Å². The molecular weight excluding hydrogens is 364 g/mol. The number of esters is 1. The third-order valence-corrected chi connectivity index (χ3v) is 5.33. The Bertz CT molecular complexity index is 603. The zero-order chi connectivity index (χ0) is 20.7. The lowest BCUT2D eigenvalue weighted by Crippen LogP contribution is -2.20. The summed E-state index contributed by atoms with van der Waals surface area (Å²) in [6.07, 6.45) is 26.7. The largest absolute Gasteiger partial charge is 0.450 e. The highest BCUT2D eigenvalue weighted by Crippen LogP contribution is 2.23. The average molecular weight is 401 g/mol. The Balaban J connectivity index is 1.69. The predicted molar refractivity (Wildman–Crippen MR) is 117 cm³/mol. The number of carbonyl (C=O) groups excluding carboxylic acids is 1. The standard InChI is InChI=1S/C25H36O4/c26-19-13-7-5-3-1-2-4-6-8-16-22(27)20-24(21-14-9-10-15-21)25(28)29-23-17-11-12-18-23/h9-12,14-15,17-18,20-23,26-27H,1-8,13,16,19H2. The van der Waals surface area contributed by atoms with Crippen LogP contribution in [0.2, 0.25) is 0 Å². The van der Waals surface area contributed by atoms with Crippen LogP contribution < -0.4 is 0 Å². The maximum absolute atomic E-state index is 12.6. The van der Waals surface area contributed by atoms with Gasteiger partial charge in [0, 0.05) is 18.1 Å². The van der Waals surface area contributed by atoms with Crippen LogP contribution in [0.4, 0.5) is 0 Å². The summed E-state index contributed by atoms with van der Waals surface area (Å²) in [7, 11) is 0. The third-order valence-electron chi connectivity index (χ3n) is 5.33. The Labute approximate surface area is 175 Å². The number of allylic oxidation sites excluding steroid dienone is 6. The van der Waals surface area contributed by atoms with Crippen molar-refractivity contribution in [3.8, 4) is 0 Å². The summed E-state index contributed by atoms with van der Waals surface area (Å²) in [5.41, 5.74) is 0.513. The highest BCUT2D eigenvalue weighted by Gasteiger charge is 2.23. The van der Waals surface area contributed by atoms with E-state index in [1.54, 1.807) is 6.08 Å². The fourth-order valence-corrected chi connectivity index (χ4v) is 3.63. The molecule has 0 spiro atoms. The second kappa shape index (κ2) is 14.1. The Morgan fingerprint density at radius 1 is 0.828 bits per heavy atom. The van der Waals surface area contributed by atoms with Crippen molar-refractivity contribution in [1.82, 2.24) is 0 Å². The van der Waals surface area contributed by atoms with Gasteiger partial charge < -0.3 is 14.9 Å². The number of hydrogen-bond acceptors (Lipinski definition) is 4. The van der Waals surface area contributed by atoms with Crippen LogP contribution in [0.25, 0.3) is 0 Å². The van der Waals surface area contributed by atoms with Crippen molar-refractivity contribution in [3.63, 3.8) is 0 Å². The summed E-state index contributed by atoms with van der Waals surface area (Å²) < 4.78 is 5.52. The molecule has 0 bridgehead atoms. The molecule has 1 unspecified atom stereocenters. The van der Waals surface area contributed by atoms with Crippen molar-refractivity contribution in [1.29, 1.82) is 0 Å². The topological polar surface area (TPSA) is 66.8 Å². The van der Waals surface area contributed by atoms with Gasteiger partial charge in [0.15, 0.2) is 0 Å². The average Bonchev–Trinajstić information content (AvgIpc) is 3.41. The molecule has 2 N–H and O–H groups in total. The molecule has 2 rings (SSSR count). The molecule has 0 fully saturated rings. The maximum Gasteiger partial charge on any atom is 0.335 e. The van der Waals surface area contributed by atoms with Crippen LogP contribution in [0.1, 0.15) is 64.2 Å². The van der Waals surface area contributed by atoms with Gasteiger partial charge in [-0.15, -0.1) is 0 Å². The van der Waals surface area contributed by atoms with Gasteiger partial charge in [-0.25, -0.2) is 4.79 Å². The number of ether oxygens (including phenoxy) is 1. The summed E-state index contributed by atoms with van der Waals surface area (Å²) in [5, 5.41) is 19.2. The number of rotatable bonds is 15. The van der Waals surface area contributed by atoms with Gasteiger partial charge in [-0.1, -0.05) is 87.8 Å². The number of aliphatic hydroxyl groups excluding tert-OH is 2. The molecule has 0 heterocycles. The minimum Gasteiger partial charge on any atom is -0.450 e. The molecule has 0 radical (unpaired) electrons. The lowest BCUT2D eigenvalue weighted by atomic mass is 9.97. The van der Waals surface area contributed by atoms with E-state index in [1.165, 1.54) is 32.1 Å². The number of hydrogen-bond donors (Lipinski definition) is 2. The molecular formula is C25H36O4. The smallest absolute Gasteiger partial charge is 0.335 e. The van der Waals surface area contributed by atoms with Gasteiger partial charge in [-0.2, -0.15) is 0 Å². The maximum atomic E-state index is 12.6. The summed E-state index contributed by atoms with van der Waals surface area (Å²) in [4.78, 5) is 12.6. The molecule has 1 atom stereocenters. The van der Waals surface area contributed by atoms with Crippen LogP contribution in [0.3, 0.4) is 0 Å². The van der Waals surface area contributed by atoms with Crippen LogP contribution in [-0.2, 0) is 9.53 Å². The number of carbonyl (C=O) groups is 1. The second-order valence-corrected chi connectivity index (χ2v) is 7.82. The molecule has 0 aromatic heterocycles. The van der Waals surface area contributed by atoms with Gasteiger partial charge in [-0.3, -0.25) is 0 Å². The van der Waals surface area contributed by atoms with Crippen molar-refractivity contribution < 1.29 is 19.7 Å². The molecule has 160 valence electrons. The number of aliphatic hydroxyl groups is 2. The summed E-state index contributed by atoms with van der Waals surface area (Å²) in [5.74, 6) is -0.495. The van der Waals surface area contributed by atoms with E-state index in [9.17, 15) is 9.90 Å². The SMILES string of the molecule is O=C(OC1C=CC=C1)C(=CC(O)CCCCCCCCCCCO)C1C=CC=C1. The van der Waals surface area contributed by atoms with Crippen LogP contribution in [0.5, 0.6) is 0 Å². The molecule has 29 heavy (non-hydrogen) atoms. The zero-order valence-electron chi connectivity index (χ0n) is 17.4. The van der Waals surface area contributed by atoms with E-state index >= 15 is 0 Å². The first-order valence-electron chi connectivity index (χ1n) is 11.1. The van der Waals surface area contributed by atoms with Gasteiger partial charge in [0.2, 0.25) is 0 Å². The molecule has 0 aliphatic heterocycles. The number of unbranched alkanes of at least 4 members (excludes halogenated alkanes) is 8. The molecule has 0 aromatic rings. The minimum atomic E-state index is -0.631. The van der Waals surface area contributed by atoms with Gasteiger partial charge in [0.25, 0.3) is 0 Å². The molecule has 0 aromatic carbocycles. The van der Waals surface area contributed by atoms with Gasteiger partial charge >= 0.3 is 5.97 Å². The Morgan fingerprint density at radius 3 is 1.93 bits per heavy atom. The van der Waals surface area contributed by atoms with Crippen molar-refractivity contribution >= 4 is 5.97 Å². The second-order valence-electron chi connectivity index (χ2n) is 7.82. The first-order chi connectivity index (χ1) is 14.2. The Kier molecular flexibility index (Phi) is 11.4. The molecule has 4 nitrogen and oxygen atoms in total.